The molecule has 1 heterocycles. The summed E-state index contributed by atoms with van der Waals surface area (Å²) in [5.74, 6) is -0.261. The van der Waals surface area contributed by atoms with Crippen molar-refractivity contribution in [2.45, 2.75) is 13.0 Å². The molecule has 1 aromatic carbocycles. The number of aromatic nitrogens is 1. The first-order valence-corrected chi connectivity index (χ1v) is 5.94. The quantitative estimate of drug-likeness (QED) is 0.779. The molecule has 0 saturated heterocycles. The number of amides is 1. The van der Waals surface area contributed by atoms with Gasteiger partial charge in [-0.25, -0.2) is 4.98 Å². The van der Waals surface area contributed by atoms with Gasteiger partial charge < -0.3 is 16.8 Å². The lowest BCUT2D eigenvalue weighted by Gasteiger charge is -2.17. The highest BCUT2D eigenvalue weighted by molar-refractivity contribution is 5.99. The van der Waals surface area contributed by atoms with Gasteiger partial charge in [0.15, 0.2) is 0 Å². The van der Waals surface area contributed by atoms with E-state index >= 15 is 0 Å². The Hall–Kier alpha value is -2.56. The second-order valence-electron chi connectivity index (χ2n) is 4.30. The van der Waals surface area contributed by atoms with Crippen LogP contribution in [0.25, 0.3) is 0 Å². The molecule has 1 amide bonds. The van der Waals surface area contributed by atoms with Crippen molar-refractivity contribution in [3.8, 4) is 0 Å². The van der Waals surface area contributed by atoms with E-state index in [2.05, 4.69) is 10.3 Å². The van der Waals surface area contributed by atoms with Gasteiger partial charge in [0.1, 0.15) is 5.82 Å². The normalized spacial score (nSPS) is 11.8. The molecule has 0 spiro atoms. The number of nitrogen functional groups attached to an aromatic ring is 1. The number of pyridine rings is 1. The maximum absolute atomic E-state index is 11.4. The van der Waals surface area contributed by atoms with E-state index in [1.165, 1.54) is 12.3 Å². The van der Waals surface area contributed by atoms with Gasteiger partial charge in [-0.2, -0.15) is 0 Å². The number of anilines is 2. The molecule has 0 aliphatic rings. The average Bonchev–Trinajstić information content (AvgIpc) is 2.41. The van der Waals surface area contributed by atoms with E-state index < -0.39 is 5.91 Å². The number of carbonyl (C=O) groups is 1. The third-order valence-corrected chi connectivity index (χ3v) is 2.86. The number of rotatable bonds is 4. The van der Waals surface area contributed by atoms with Gasteiger partial charge in [-0.15, -0.1) is 0 Å². The van der Waals surface area contributed by atoms with Crippen molar-refractivity contribution in [1.29, 1.82) is 0 Å². The molecule has 1 unspecified atom stereocenters. The number of nitrogens with one attached hydrogen (secondary N) is 1. The maximum Gasteiger partial charge on any atom is 0.250 e. The van der Waals surface area contributed by atoms with Crippen LogP contribution in [0.1, 0.15) is 28.9 Å². The van der Waals surface area contributed by atoms with E-state index in [0.717, 1.165) is 5.56 Å². The molecule has 1 aromatic heterocycles. The molecule has 0 saturated carbocycles. The van der Waals surface area contributed by atoms with Crippen LogP contribution in [-0.4, -0.2) is 10.9 Å². The van der Waals surface area contributed by atoms with Crippen LogP contribution < -0.4 is 16.8 Å². The van der Waals surface area contributed by atoms with Crippen LogP contribution in [0, 0.1) is 0 Å². The SMILES string of the molecule is CC(Nc1cnc(N)cc1C(N)=O)c1ccccc1. The molecule has 0 bridgehead atoms. The monoisotopic (exact) mass is 256 g/mol. The first-order chi connectivity index (χ1) is 9.08. The number of nitrogens with zero attached hydrogens (tertiary/aromatic N) is 1. The lowest BCUT2D eigenvalue weighted by molar-refractivity contribution is 0.100. The smallest absolute Gasteiger partial charge is 0.250 e. The molecule has 2 aromatic rings. The molecule has 0 fully saturated rings. The van der Waals surface area contributed by atoms with Gasteiger partial charge in [-0.1, -0.05) is 30.3 Å². The number of benzene rings is 1. The summed E-state index contributed by atoms with van der Waals surface area (Å²) in [5.41, 5.74) is 12.9. The molecular weight excluding hydrogens is 240 g/mol. The molecule has 5 N–H and O–H groups in total. The van der Waals surface area contributed by atoms with Crippen molar-refractivity contribution >= 4 is 17.4 Å². The summed E-state index contributed by atoms with van der Waals surface area (Å²) < 4.78 is 0. The first kappa shape index (κ1) is 12.9. The van der Waals surface area contributed by atoms with Crippen molar-refractivity contribution in [1.82, 2.24) is 4.98 Å². The molecule has 98 valence electrons. The average molecular weight is 256 g/mol. The zero-order valence-corrected chi connectivity index (χ0v) is 10.6. The summed E-state index contributed by atoms with van der Waals surface area (Å²) in [7, 11) is 0. The molecule has 2 rings (SSSR count). The number of carbonyl (C=O) groups excluding carboxylic acids is 1. The fourth-order valence-electron chi connectivity index (χ4n) is 1.85. The fourth-order valence-corrected chi connectivity index (χ4v) is 1.85. The third kappa shape index (κ3) is 3.01. The van der Waals surface area contributed by atoms with E-state index in [9.17, 15) is 4.79 Å². The highest BCUT2D eigenvalue weighted by atomic mass is 16.1. The third-order valence-electron chi connectivity index (χ3n) is 2.86. The van der Waals surface area contributed by atoms with Gasteiger partial charge in [-0.05, 0) is 18.6 Å². The maximum atomic E-state index is 11.4. The predicted octanol–water partition coefficient (Wildman–Crippen LogP) is 1.94. The first-order valence-electron chi connectivity index (χ1n) is 5.94. The summed E-state index contributed by atoms with van der Waals surface area (Å²) >= 11 is 0. The van der Waals surface area contributed by atoms with E-state index in [0.29, 0.717) is 11.3 Å². The Morgan fingerprint density at radius 2 is 2.00 bits per heavy atom. The van der Waals surface area contributed by atoms with Crippen LogP contribution in [0.5, 0.6) is 0 Å². The largest absolute Gasteiger partial charge is 0.384 e. The lowest BCUT2D eigenvalue weighted by atomic mass is 10.1. The molecule has 19 heavy (non-hydrogen) atoms. The van der Waals surface area contributed by atoms with Crippen molar-refractivity contribution in [3.63, 3.8) is 0 Å². The van der Waals surface area contributed by atoms with Crippen LogP contribution in [0.4, 0.5) is 11.5 Å². The van der Waals surface area contributed by atoms with Gasteiger partial charge in [0, 0.05) is 6.04 Å². The van der Waals surface area contributed by atoms with Crippen LogP contribution in [0.15, 0.2) is 42.6 Å². The topological polar surface area (TPSA) is 94.0 Å². The van der Waals surface area contributed by atoms with E-state index in [1.807, 2.05) is 37.3 Å². The van der Waals surface area contributed by atoms with Gasteiger partial charge in [-0.3, -0.25) is 4.79 Å². The summed E-state index contributed by atoms with van der Waals surface area (Å²) in [5, 5.41) is 3.22. The van der Waals surface area contributed by atoms with Crippen molar-refractivity contribution in [2.75, 3.05) is 11.1 Å². The Bertz CT molecular complexity index is 583. The van der Waals surface area contributed by atoms with Gasteiger partial charge in [0.2, 0.25) is 0 Å². The Morgan fingerprint density at radius 1 is 1.32 bits per heavy atom. The van der Waals surface area contributed by atoms with Crippen LogP contribution in [0.3, 0.4) is 0 Å². The van der Waals surface area contributed by atoms with Gasteiger partial charge >= 0.3 is 0 Å². The van der Waals surface area contributed by atoms with E-state index in [1.54, 1.807) is 0 Å². The molecule has 0 aliphatic heterocycles. The highest BCUT2D eigenvalue weighted by Crippen LogP contribution is 2.22. The Morgan fingerprint density at radius 3 is 2.63 bits per heavy atom. The molecule has 5 heteroatoms. The Labute approximate surface area is 111 Å². The minimum Gasteiger partial charge on any atom is -0.384 e. The molecule has 0 radical (unpaired) electrons. The zero-order chi connectivity index (χ0) is 13.8. The second kappa shape index (κ2) is 5.39. The van der Waals surface area contributed by atoms with Crippen molar-refractivity contribution in [2.24, 2.45) is 5.73 Å². The van der Waals surface area contributed by atoms with Crippen molar-refractivity contribution in [3.05, 3.63) is 53.7 Å². The summed E-state index contributed by atoms with van der Waals surface area (Å²) in [6, 6.07) is 11.4. The van der Waals surface area contributed by atoms with Crippen LogP contribution in [-0.2, 0) is 0 Å². The summed E-state index contributed by atoms with van der Waals surface area (Å²) in [4.78, 5) is 15.4. The van der Waals surface area contributed by atoms with E-state index in [4.69, 9.17) is 11.5 Å². The number of hydrogen-bond donors (Lipinski definition) is 3. The van der Waals surface area contributed by atoms with Gasteiger partial charge in [0.25, 0.3) is 5.91 Å². The number of hydrogen-bond acceptors (Lipinski definition) is 4. The van der Waals surface area contributed by atoms with E-state index in [-0.39, 0.29) is 11.9 Å². The molecule has 0 aliphatic carbocycles. The predicted molar refractivity (Wildman–Crippen MR) is 75.6 cm³/mol. The molecule has 5 nitrogen and oxygen atoms in total. The lowest BCUT2D eigenvalue weighted by Crippen LogP contribution is -2.17. The second-order valence-corrected chi connectivity index (χ2v) is 4.30. The fraction of sp³-hybridized carbons (Fsp3) is 0.143. The van der Waals surface area contributed by atoms with Gasteiger partial charge in [0.05, 0.1) is 17.4 Å². The van der Waals surface area contributed by atoms with Crippen LogP contribution >= 0.6 is 0 Å². The Kier molecular flexibility index (Phi) is 3.66. The summed E-state index contributed by atoms with van der Waals surface area (Å²) in [6.07, 6.45) is 1.52. The minimum atomic E-state index is -0.531. The number of primary amides is 1. The molecular formula is C14H16N4O. The minimum absolute atomic E-state index is 0.0322. The molecule has 1 atom stereocenters. The highest BCUT2D eigenvalue weighted by Gasteiger charge is 2.12. The number of nitrogens with two attached hydrogens (primary N) is 2. The zero-order valence-electron chi connectivity index (χ0n) is 10.6. The summed E-state index contributed by atoms with van der Waals surface area (Å²) in [6.45, 7) is 2.00. The standard InChI is InChI=1S/C14H16N4O/c1-9(10-5-3-2-4-6-10)18-12-8-17-13(15)7-11(12)14(16)19/h2-9,18H,1H3,(H2,15,17)(H2,16,19). The van der Waals surface area contributed by atoms with Crippen LogP contribution in [0.2, 0.25) is 0 Å². The van der Waals surface area contributed by atoms with Crippen molar-refractivity contribution < 1.29 is 4.79 Å². The Balaban J connectivity index is 2.26.